The van der Waals surface area contributed by atoms with E-state index in [4.69, 9.17) is 5.11 Å². The number of carboxylic acid groups (broad SMARTS) is 1. The molecule has 2 rings (SSSR count). The molecule has 8 nitrogen and oxygen atoms in total. The van der Waals surface area contributed by atoms with E-state index in [-0.39, 0.29) is 36.6 Å². The Balaban J connectivity index is 0.00000264. The zero-order valence-electron chi connectivity index (χ0n) is 14.3. The van der Waals surface area contributed by atoms with Gasteiger partial charge in [0.25, 0.3) is 0 Å². The van der Waals surface area contributed by atoms with Gasteiger partial charge in [0.1, 0.15) is 0 Å². The summed E-state index contributed by atoms with van der Waals surface area (Å²) in [6.07, 6.45) is 1.03. The van der Waals surface area contributed by atoms with Gasteiger partial charge < -0.3 is 6.53 Å². The molecule has 2 N–H and O–H groups in total. The Kier molecular flexibility index (Phi) is 5.74. The average Bonchev–Trinajstić information content (AvgIpc) is 2.77. The Labute approximate surface area is 149 Å². The van der Waals surface area contributed by atoms with E-state index in [1.807, 2.05) is 13.8 Å². The number of aromatic nitrogens is 1. The third-order valence-corrected chi connectivity index (χ3v) is 4.30. The molecule has 0 unspecified atom stereocenters. The molecule has 0 saturated carbocycles. The van der Waals surface area contributed by atoms with Crippen molar-refractivity contribution in [2.24, 2.45) is 5.41 Å². The number of carbonyl (C=O) groups is 4. The molecule has 1 aliphatic carbocycles. The summed E-state index contributed by atoms with van der Waals surface area (Å²) in [6, 6.07) is -0.912. The maximum atomic E-state index is 12.0. The molecule has 1 aliphatic rings. The number of nitrogens with zero attached hydrogens (tertiary/aromatic N) is 2. The van der Waals surface area contributed by atoms with Gasteiger partial charge in [-0.1, -0.05) is 25.2 Å². The number of rotatable bonds is 1. The van der Waals surface area contributed by atoms with E-state index in [9.17, 15) is 19.2 Å². The van der Waals surface area contributed by atoms with Crippen molar-refractivity contribution in [3.63, 3.8) is 0 Å². The number of carbonyl (C=O) groups excluding carboxylic acids is 3. The normalized spacial score (nSPS) is 15.2. The summed E-state index contributed by atoms with van der Waals surface area (Å²) in [6.45, 7) is 3.93. The largest absolute Gasteiger partial charge is 1.00 e. The van der Waals surface area contributed by atoms with Crippen LogP contribution in [0.2, 0.25) is 0 Å². The Morgan fingerprint density at radius 1 is 1.35 bits per heavy atom. The van der Waals surface area contributed by atoms with Gasteiger partial charge in [-0.2, -0.15) is 0 Å². The van der Waals surface area contributed by atoms with Crippen LogP contribution < -0.4 is 24.2 Å². The standard InChI is InChI=1S/C13H15N3O5S.Li.H/c1-13(2)4-6-8(7(17)5-13)22-11(14-6)15-12(21)16(3)9(18)10(19)20;;/h4-5H2,1-3H3,(H,19,20)(H,14,15,21);;/q;+1;-1. The number of urea groups is 1. The summed E-state index contributed by atoms with van der Waals surface area (Å²) in [5.74, 6) is -3.11. The number of imide groups is 1. The summed E-state index contributed by atoms with van der Waals surface area (Å²) < 4.78 is 0. The van der Waals surface area contributed by atoms with Crippen LogP contribution in [0.1, 0.15) is 37.1 Å². The van der Waals surface area contributed by atoms with Gasteiger partial charge in [-0.3, -0.25) is 19.8 Å². The number of aliphatic carboxylic acids is 1. The van der Waals surface area contributed by atoms with Crippen molar-refractivity contribution < 1.29 is 44.6 Å². The van der Waals surface area contributed by atoms with Gasteiger partial charge in [0.2, 0.25) is 0 Å². The van der Waals surface area contributed by atoms with E-state index in [2.05, 4.69) is 10.3 Å². The number of carboxylic acids is 1. The number of amides is 3. The van der Waals surface area contributed by atoms with Gasteiger partial charge in [0, 0.05) is 13.5 Å². The van der Waals surface area contributed by atoms with Crippen molar-refractivity contribution in [3.05, 3.63) is 10.6 Å². The summed E-state index contributed by atoms with van der Waals surface area (Å²) in [5, 5.41) is 11.1. The van der Waals surface area contributed by atoms with Crippen molar-refractivity contribution >= 4 is 40.2 Å². The van der Waals surface area contributed by atoms with Gasteiger partial charge in [0.05, 0.1) is 10.6 Å². The minimum Gasteiger partial charge on any atom is -1.00 e. The van der Waals surface area contributed by atoms with Crippen LogP contribution in [0.25, 0.3) is 0 Å². The number of ketones is 1. The van der Waals surface area contributed by atoms with Gasteiger partial charge in [-0.15, -0.1) is 0 Å². The smallest absolute Gasteiger partial charge is 1.00 e. The van der Waals surface area contributed by atoms with Crippen LogP contribution in [-0.2, 0) is 16.0 Å². The third kappa shape index (κ3) is 4.19. The maximum Gasteiger partial charge on any atom is 1.00 e. The summed E-state index contributed by atoms with van der Waals surface area (Å²) in [5.41, 5.74) is 0.434. The zero-order chi connectivity index (χ0) is 16.7. The van der Waals surface area contributed by atoms with Crippen LogP contribution in [-0.4, -0.2) is 45.7 Å². The molecule has 1 aromatic rings. The SMILES string of the molecule is CN(C(=O)Nc1nc2c(s1)C(=O)CC(C)(C)C2)C(=O)C(=O)O.[H-].[Li+]. The number of thiazole rings is 1. The first-order chi connectivity index (χ1) is 10.1. The van der Waals surface area contributed by atoms with Crippen molar-refractivity contribution in [1.29, 1.82) is 0 Å². The summed E-state index contributed by atoms with van der Waals surface area (Å²) >= 11 is 1.03. The first-order valence-corrected chi connectivity index (χ1v) is 7.27. The molecule has 0 radical (unpaired) electrons. The van der Waals surface area contributed by atoms with E-state index < -0.39 is 17.9 Å². The molecule has 1 aromatic heterocycles. The minimum absolute atomic E-state index is 0. The van der Waals surface area contributed by atoms with Crippen LogP contribution >= 0.6 is 11.3 Å². The van der Waals surface area contributed by atoms with Crippen LogP contribution in [0, 0.1) is 5.41 Å². The second-order valence-corrected chi connectivity index (χ2v) is 6.83. The molecule has 0 atom stereocenters. The quantitative estimate of drug-likeness (QED) is 0.477. The van der Waals surface area contributed by atoms with E-state index in [0.29, 0.717) is 28.3 Å². The predicted octanol–water partition coefficient (Wildman–Crippen LogP) is -1.51. The topological polar surface area (TPSA) is 117 Å². The van der Waals surface area contributed by atoms with Crippen LogP contribution in [0.4, 0.5) is 9.93 Å². The van der Waals surface area contributed by atoms with Gasteiger partial charge in [0.15, 0.2) is 10.9 Å². The number of likely N-dealkylation sites (N-methyl/N-ethyl adjacent to an activating group) is 1. The fourth-order valence-electron chi connectivity index (χ4n) is 2.18. The van der Waals surface area contributed by atoms with Crippen molar-refractivity contribution in [1.82, 2.24) is 9.88 Å². The minimum atomic E-state index is -1.73. The molecule has 0 spiro atoms. The molecule has 120 valence electrons. The maximum absolute atomic E-state index is 12.0. The third-order valence-electron chi connectivity index (χ3n) is 3.24. The van der Waals surface area contributed by atoms with Crippen LogP contribution in [0.15, 0.2) is 0 Å². The number of hydrogen-bond acceptors (Lipinski definition) is 6. The van der Waals surface area contributed by atoms with Crippen molar-refractivity contribution in [2.75, 3.05) is 12.4 Å². The Morgan fingerprint density at radius 2 is 1.96 bits per heavy atom. The first-order valence-electron chi connectivity index (χ1n) is 6.45. The van der Waals surface area contributed by atoms with Crippen molar-refractivity contribution in [3.8, 4) is 0 Å². The van der Waals surface area contributed by atoms with E-state index in [1.54, 1.807) is 0 Å². The fourth-order valence-corrected chi connectivity index (χ4v) is 3.09. The molecule has 0 fully saturated rings. The first kappa shape index (κ1) is 19.4. The second kappa shape index (κ2) is 6.82. The molecular weight excluding hydrogens is 317 g/mol. The summed E-state index contributed by atoms with van der Waals surface area (Å²) in [7, 11) is 1.05. The van der Waals surface area contributed by atoms with Gasteiger partial charge in [-0.25, -0.2) is 14.6 Å². The van der Waals surface area contributed by atoms with E-state index in [1.165, 1.54) is 0 Å². The molecular formula is C13H16LiN3O5S. The van der Waals surface area contributed by atoms with Crippen LogP contribution in [0.3, 0.4) is 0 Å². The molecule has 10 heteroatoms. The molecule has 0 aromatic carbocycles. The number of hydrogen-bond donors (Lipinski definition) is 2. The molecule has 23 heavy (non-hydrogen) atoms. The molecule has 0 aliphatic heterocycles. The molecule has 1 heterocycles. The molecule has 0 saturated heterocycles. The fraction of sp³-hybridized carbons (Fsp3) is 0.462. The van der Waals surface area contributed by atoms with Gasteiger partial charge >= 0.3 is 36.8 Å². The summed E-state index contributed by atoms with van der Waals surface area (Å²) in [4.78, 5) is 50.7. The van der Waals surface area contributed by atoms with E-state index >= 15 is 0 Å². The Hall–Kier alpha value is -1.69. The number of nitrogens with one attached hydrogen (secondary N) is 1. The number of anilines is 1. The van der Waals surface area contributed by atoms with E-state index in [0.717, 1.165) is 18.4 Å². The van der Waals surface area contributed by atoms with Crippen LogP contribution in [0.5, 0.6) is 0 Å². The second-order valence-electron chi connectivity index (χ2n) is 5.84. The number of Topliss-reactive ketones (excluding diaryl/α,β-unsaturated/α-hetero) is 1. The Morgan fingerprint density at radius 3 is 2.52 bits per heavy atom. The van der Waals surface area contributed by atoms with Crippen molar-refractivity contribution in [2.45, 2.75) is 26.7 Å². The monoisotopic (exact) mass is 333 g/mol. The molecule has 0 bridgehead atoms. The zero-order valence-corrected chi connectivity index (χ0v) is 14.1. The number of fused-ring (bicyclic) bond motifs is 1. The molecule has 3 amide bonds. The van der Waals surface area contributed by atoms with Gasteiger partial charge in [-0.05, 0) is 11.8 Å². The average molecular weight is 333 g/mol. The predicted molar refractivity (Wildman–Crippen MR) is 79.1 cm³/mol. The Bertz CT molecular complexity index is 691.